The zero-order valence-electron chi connectivity index (χ0n) is 15.4. The minimum Gasteiger partial charge on any atom is -0.394 e. The van der Waals surface area contributed by atoms with Crippen molar-refractivity contribution in [2.45, 2.75) is 37.8 Å². The van der Waals surface area contributed by atoms with E-state index < -0.39 is 0 Å². The molecule has 144 valence electrons. The molecule has 1 aromatic carbocycles. The number of para-hydroxylation sites is 1. The number of nitrogens with one attached hydrogen (secondary N) is 1. The van der Waals surface area contributed by atoms with E-state index in [4.69, 9.17) is 0 Å². The lowest BCUT2D eigenvalue weighted by Gasteiger charge is -2.34. The summed E-state index contributed by atoms with van der Waals surface area (Å²) in [5.74, 6) is 1.61. The molecule has 0 amide bonds. The Morgan fingerprint density at radius 1 is 1.07 bits per heavy atom. The molecule has 2 N–H and O–H groups in total. The second kappa shape index (κ2) is 8.08. The van der Waals surface area contributed by atoms with Crippen LogP contribution in [-0.2, 0) is 0 Å². The third-order valence-corrected chi connectivity index (χ3v) is 5.57. The van der Waals surface area contributed by atoms with Gasteiger partial charge in [0.15, 0.2) is 0 Å². The van der Waals surface area contributed by atoms with E-state index in [1.807, 2.05) is 12.1 Å². The van der Waals surface area contributed by atoms with Gasteiger partial charge in [-0.2, -0.15) is 0 Å². The molecule has 27 heavy (non-hydrogen) atoms. The standard InChI is InChI=1S/C20H26FN5O/c21-17-5-1-2-6-18(17)24-15-7-10-25(11-8-15)19-12-20(23-14-22-19)26-9-3-4-16(26)13-27/h1-2,5-6,12,14-16,24,27H,3-4,7-11,13H2. The van der Waals surface area contributed by atoms with Gasteiger partial charge in [-0.15, -0.1) is 0 Å². The number of aliphatic hydroxyl groups excluding tert-OH is 1. The van der Waals surface area contributed by atoms with Gasteiger partial charge in [0.2, 0.25) is 0 Å². The van der Waals surface area contributed by atoms with Gasteiger partial charge in [0.25, 0.3) is 0 Å². The minimum atomic E-state index is -0.204. The molecule has 0 bridgehead atoms. The highest BCUT2D eigenvalue weighted by Gasteiger charge is 2.26. The first-order chi connectivity index (χ1) is 13.2. The molecule has 0 spiro atoms. The number of halogens is 1. The van der Waals surface area contributed by atoms with Crippen molar-refractivity contribution in [2.24, 2.45) is 0 Å². The average molecular weight is 371 g/mol. The van der Waals surface area contributed by atoms with Crippen molar-refractivity contribution < 1.29 is 9.50 Å². The van der Waals surface area contributed by atoms with Gasteiger partial charge < -0.3 is 20.2 Å². The maximum Gasteiger partial charge on any atom is 0.146 e. The molecule has 0 radical (unpaired) electrons. The first kappa shape index (κ1) is 18.0. The van der Waals surface area contributed by atoms with Crippen LogP contribution in [0.25, 0.3) is 0 Å². The average Bonchev–Trinajstić information content (AvgIpc) is 3.19. The summed E-state index contributed by atoms with van der Waals surface area (Å²) in [5.41, 5.74) is 0.573. The van der Waals surface area contributed by atoms with Crippen molar-refractivity contribution in [3.8, 4) is 0 Å². The molecule has 7 heteroatoms. The Kier molecular flexibility index (Phi) is 5.38. The lowest BCUT2D eigenvalue weighted by Crippen LogP contribution is -2.40. The second-order valence-corrected chi connectivity index (χ2v) is 7.29. The van der Waals surface area contributed by atoms with E-state index >= 15 is 0 Å². The van der Waals surface area contributed by atoms with Gasteiger partial charge in [-0.3, -0.25) is 0 Å². The number of rotatable bonds is 5. The monoisotopic (exact) mass is 371 g/mol. The molecule has 3 heterocycles. The Labute approximate surface area is 159 Å². The van der Waals surface area contributed by atoms with Gasteiger partial charge in [0, 0.05) is 31.7 Å². The summed E-state index contributed by atoms with van der Waals surface area (Å²) >= 11 is 0. The predicted molar refractivity (Wildman–Crippen MR) is 105 cm³/mol. The first-order valence-corrected chi connectivity index (χ1v) is 9.70. The summed E-state index contributed by atoms with van der Waals surface area (Å²) in [6.07, 6.45) is 5.55. The van der Waals surface area contributed by atoms with Gasteiger partial charge in [-0.05, 0) is 37.8 Å². The van der Waals surface area contributed by atoms with Crippen LogP contribution in [-0.4, -0.2) is 53.4 Å². The van der Waals surface area contributed by atoms with E-state index in [9.17, 15) is 9.50 Å². The maximum atomic E-state index is 13.8. The number of piperidine rings is 1. The van der Waals surface area contributed by atoms with Crippen molar-refractivity contribution in [1.82, 2.24) is 9.97 Å². The third kappa shape index (κ3) is 3.98. The summed E-state index contributed by atoms with van der Waals surface area (Å²) in [7, 11) is 0. The van der Waals surface area contributed by atoms with Crippen LogP contribution < -0.4 is 15.1 Å². The molecule has 6 nitrogen and oxygen atoms in total. The SMILES string of the molecule is OCC1CCCN1c1cc(N2CCC(Nc3ccccc3F)CC2)ncn1. The molecule has 2 aliphatic heterocycles. The largest absolute Gasteiger partial charge is 0.394 e. The van der Waals surface area contributed by atoms with E-state index in [0.717, 1.165) is 57.0 Å². The molecule has 1 aromatic heterocycles. The molecule has 0 saturated carbocycles. The van der Waals surface area contributed by atoms with Gasteiger partial charge in [0.1, 0.15) is 23.8 Å². The van der Waals surface area contributed by atoms with E-state index in [0.29, 0.717) is 5.69 Å². The maximum absolute atomic E-state index is 13.8. The van der Waals surface area contributed by atoms with Crippen LogP contribution in [0.15, 0.2) is 36.7 Å². The molecule has 2 saturated heterocycles. The molecule has 1 unspecified atom stereocenters. The number of aliphatic hydroxyl groups is 1. The van der Waals surface area contributed by atoms with Crippen LogP contribution in [0.2, 0.25) is 0 Å². The fourth-order valence-corrected chi connectivity index (χ4v) is 4.05. The Morgan fingerprint density at radius 2 is 1.85 bits per heavy atom. The van der Waals surface area contributed by atoms with Crippen molar-refractivity contribution >= 4 is 17.3 Å². The second-order valence-electron chi connectivity index (χ2n) is 7.29. The summed E-state index contributed by atoms with van der Waals surface area (Å²) in [5, 5.41) is 12.9. The predicted octanol–water partition coefficient (Wildman–Crippen LogP) is 2.66. The fraction of sp³-hybridized carbons (Fsp3) is 0.500. The highest BCUT2D eigenvalue weighted by molar-refractivity contribution is 5.52. The minimum absolute atomic E-state index is 0.156. The molecule has 0 aliphatic carbocycles. The number of aromatic nitrogens is 2. The zero-order valence-corrected chi connectivity index (χ0v) is 15.4. The van der Waals surface area contributed by atoms with Crippen molar-refractivity contribution in [1.29, 1.82) is 0 Å². The number of hydrogen-bond donors (Lipinski definition) is 2. The summed E-state index contributed by atoms with van der Waals surface area (Å²) in [6.45, 7) is 2.82. The molecule has 2 fully saturated rings. The quantitative estimate of drug-likeness (QED) is 0.843. The number of hydrogen-bond acceptors (Lipinski definition) is 6. The molecular formula is C20H26FN5O. The van der Waals surface area contributed by atoms with Crippen molar-refractivity contribution in [3.63, 3.8) is 0 Å². The highest BCUT2D eigenvalue weighted by Crippen LogP contribution is 2.27. The van der Waals surface area contributed by atoms with Crippen LogP contribution in [0.4, 0.5) is 21.7 Å². The molecule has 1 atom stereocenters. The number of benzene rings is 1. The number of anilines is 3. The summed E-state index contributed by atoms with van der Waals surface area (Å²) in [6, 6.07) is 9.27. The lowest BCUT2D eigenvalue weighted by atomic mass is 10.0. The van der Waals surface area contributed by atoms with Gasteiger partial charge >= 0.3 is 0 Å². The summed E-state index contributed by atoms with van der Waals surface area (Å²) < 4.78 is 13.8. The van der Waals surface area contributed by atoms with Crippen LogP contribution >= 0.6 is 0 Å². The Hall–Kier alpha value is -2.41. The van der Waals surface area contributed by atoms with E-state index in [2.05, 4.69) is 25.1 Å². The fourth-order valence-electron chi connectivity index (χ4n) is 4.05. The normalized spacial score (nSPS) is 20.9. The molecule has 4 rings (SSSR count). The van der Waals surface area contributed by atoms with Crippen LogP contribution in [0.3, 0.4) is 0 Å². The first-order valence-electron chi connectivity index (χ1n) is 9.70. The molecule has 2 aromatic rings. The van der Waals surface area contributed by atoms with E-state index in [1.165, 1.54) is 6.07 Å². The van der Waals surface area contributed by atoms with E-state index in [-0.39, 0.29) is 24.5 Å². The Bertz CT molecular complexity index is 766. The topological polar surface area (TPSA) is 64.5 Å². The molecule has 2 aliphatic rings. The van der Waals surface area contributed by atoms with Gasteiger partial charge in [0.05, 0.1) is 18.3 Å². The zero-order chi connectivity index (χ0) is 18.6. The Morgan fingerprint density at radius 3 is 2.63 bits per heavy atom. The van der Waals surface area contributed by atoms with Gasteiger partial charge in [-0.1, -0.05) is 12.1 Å². The van der Waals surface area contributed by atoms with Crippen LogP contribution in [0, 0.1) is 5.82 Å². The van der Waals surface area contributed by atoms with Crippen molar-refractivity contribution in [3.05, 3.63) is 42.5 Å². The molecular weight excluding hydrogens is 345 g/mol. The lowest BCUT2D eigenvalue weighted by molar-refractivity contribution is 0.266. The smallest absolute Gasteiger partial charge is 0.146 e. The van der Waals surface area contributed by atoms with Crippen LogP contribution in [0.1, 0.15) is 25.7 Å². The summed E-state index contributed by atoms with van der Waals surface area (Å²) in [4.78, 5) is 13.3. The Balaban J connectivity index is 1.38. The van der Waals surface area contributed by atoms with E-state index in [1.54, 1.807) is 18.5 Å². The van der Waals surface area contributed by atoms with Gasteiger partial charge in [-0.25, -0.2) is 14.4 Å². The van der Waals surface area contributed by atoms with Crippen LogP contribution in [0.5, 0.6) is 0 Å². The third-order valence-electron chi connectivity index (χ3n) is 5.57. The number of nitrogens with zero attached hydrogens (tertiary/aromatic N) is 4. The highest BCUT2D eigenvalue weighted by atomic mass is 19.1. The van der Waals surface area contributed by atoms with Crippen molar-refractivity contribution in [2.75, 3.05) is 41.4 Å².